The van der Waals surface area contributed by atoms with Gasteiger partial charge in [-0.1, -0.05) is 12.1 Å². The monoisotopic (exact) mass is 271 g/mol. The summed E-state index contributed by atoms with van der Waals surface area (Å²) in [6.45, 7) is 1.81. The summed E-state index contributed by atoms with van der Waals surface area (Å²) in [6.07, 6.45) is 0.564. The molecule has 3 N–H and O–H groups in total. The van der Waals surface area contributed by atoms with Gasteiger partial charge in [-0.25, -0.2) is 8.42 Å². The molecule has 0 aliphatic carbocycles. The highest BCUT2D eigenvalue weighted by Gasteiger charge is 2.17. The summed E-state index contributed by atoms with van der Waals surface area (Å²) >= 11 is 0. The van der Waals surface area contributed by atoms with Gasteiger partial charge >= 0.3 is 0 Å². The van der Waals surface area contributed by atoms with Gasteiger partial charge in [0.05, 0.1) is 11.4 Å². The van der Waals surface area contributed by atoms with Gasteiger partial charge in [-0.05, 0) is 30.7 Å². The molecule has 1 aromatic rings. The molecular formula is C11H17N3O3S. The van der Waals surface area contributed by atoms with Gasteiger partial charge in [-0.3, -0.25) is 4.31 Å². The van der Waals surface area contributed by atoms with Crippen molar-refractivity contribution in [3.63, 3.8) is 0 Å². The molecule has 0 atom stereocenters. The Morgan fingerprint density at radius 3 is 2.39 bits per heavy atom. The Morgan fingerprint density at radius 2 is 1.94 bits per heavy atom. The number of hydrogen-bond acceptors (Lipinski definition) is 4. The van der Waals surface area contributed by atoms with Gasteiger partial charge in [0, 0.05) is 12.6 Å². The molecule has 0 saturated heterocycles. The summed E-state index contributed by atoms with van der Waals surface area (Å²) in [5.74, 6) is 0.0894. The van der Waals surface area contributed by atoms with Crippen LogP contribution in [0.3, 0.4) is 0 Å². The molecule has 0 fully saturated rings. The van der Waals surface area contributed by atoms with E-state index in [9.17, 15) is 8.42 Å². The summed E-state index contributed by atoms with van der Waals surface area (Å²) in [5, 5.41) is 11.4. The van der Waals surface area contributed by atoms with E-state index in [2.05, 4.69) is 5.16 Å². The minimum Gasteiger partial charge on any atom is -0.409 e. The second-order valence-corrected chi connectivity index (χ2v) is 5.94. The first-order chi connectivity index (χ1) is 8.42. The molecule has 100 valence electrons. The Labute approximate surface area is 107 Å². The van der Waals surface area contributed by atoms with Crippen LogP contribution >= 0.6 is 0 Å². The summed E-state index contributed by atoms with van der Waals surface area (Å²) in [5.41, 5.74) is 6.49. The molecule has 0 heterocycles. The maximum absolute atomic E-state index is 11.8. The lowest BCUT2D eigenvalue weighted by Gasteiger charge is -2.19. The van der Waals surface area contributed by atoms with Gasteiger partial charge in [0.2, 0.25) is 10.0 Å². The lowest BCUT2D eigenvalue weighted by atomic mass is 10.2. The Hall–Kier alpha value is -1.76. The molecule has 1 aromatic carbocycles. The van der Waals surface area contributed by atoms with Gasteiger partial charge in [-0.2, -0.15) is 0 Å². The highest BCUT2D eigenvalue weighted by Crippen LogP contribution is 2.17. The summed E-state index contributed by atoms with van der Waals surface area (Å²) < 4.78 is 24.9. The SMILES string of the molecule is CCCS(=O)(=O)N(C)c1ccc(C(N)=NO)cc1. The van der Waals surface area contributed by atoms with Crippen LogP contribution in [0.1, 0.15) is 18.9 Å². The molecule has 0 unspecified atom stereocenters. The van der Waals surface area contributed by atoms with E-state index in [0.717, 1.165) is 0 Å². The fourth-order valence-electron chi connectivity index (χ4n) is 1.46. The molecule has 0 aliphatic rings. The van der Waals surface area contributed by atoms with Crippen LogP contribution in [0.4, 0.5) is 5.69 Å². The first kappa shape index (κ1) is 14.3. The fraction of sp³-hybridized carbons (Fsp3) is 0.364. The summed E-state index contributed by atoms with van der Waals surface area (Å²) in [6, 6.07) is 6.42. The molecular weight excluding hydrogens is 254 g/mol. The normalized spacial score (nSPS) is 12.4. The van der Waals surface area contributed by atoms with E-state index >= 15 is 0 Å². The Morgan fingerprint density at radius 1 is 1.39 bits per heavy atom. The van der Waals surface area contributed by atoms with Crippen molar-refractivity contribution in [3.8, 4) is 0 Å². The van der Waals surface area contributed by atoms with Crippen LogP contribution in [0, 0.1) is 0 Å². The third-order valence-electron chi connectivity index (χ3n) is 2.51. The lowest BCUT2D eigenvalue weighted by Crippen LogP contribution is -2.28. The number of benzene rings is 1. The van der Waals surface area contributed by atoms with E-state index in [1.165, 1.54) is 11.4 Å². The van der Waals surface area contributed by atoms with Crippen molar-refractivity contribution < 1.29 is 13.6 Å². The molecule has 0 radical (unpaired) electrons. The average Bonchev–Trinajstić information content (AvgIpc) is 2.37. The maximum Gasteiger partial charge on any atom is 0.234 e. The van der Waals surface area contributed by atoms with E-state index in [0.29, 0.717) is 17.7 Å². The highest BCUT2D eigenvalue weighted by molar-refractivity contribution is 7.92. The third-order valence-corrected chi connectivity index (χ3v) is 4.48. The van der Waals surface area contributed by atoms with Crippen molar-refractivity contribution in [2.24, 2.45) is 10.9 Å². The standard InChI is InChI=1S/C11H17N3O3S/c1-3-8-18(16,17)14(2)10-6-4-9(5-7-10)11(12)13-15/h4-7,15H,3,8H2,1-2H3,(H2,12,13). The largest absolute Gasteiger partial charge is 0.409 e. The van der Waals surface area contributed by atoms with E-state index in [1.54, 1.807) is 24.3 Å². The van der Waals surface area contributed by atoms with Crippen molar-refractivity contribution >= 4 is 21.5 Å². The number of oxime groups is 1. The molecule has 0 amide bonds. The molecule has 0 bridgehead atoms. The maximum atomic E-state index is 11.8. The minimum absolute atomic E-state index is 0.0133. The van der Waals surface area contributed by atoms with Gasteiger partial charge in [0.15, 0.2) is 5.84 Å². The molecule has 0 aromatic heterocycles. The lowest BCUT2D eigenvalue weighted by molar-refractivity contribution is 0.318. The summed E-state index contributed by atoms with van der Waals surface area (Å²) in [4.78, 5) is 0. The van der Waals surface area contributed by atoms with Gasteiger partial charge in [-0.15, -0.1) is 0 Å². The molecule has 6 nitrogen and oxygen atoms in total. The number of anilines is 1. The van der Waals surface area contributed by atoms with Crippen molar-refractivity contribution in [2.75, 3.05) is 17.1 Å². The Bertz CT molecular complexity index is 523. The highest BCUT2D eigenvalue weighted by atomic mass is 32.2. The molecule has 1 rings (SSSR count). The van der Waals surface area contributed by atoms with E-state index < -0.39 is 10.0 Å². The molecule has 7 heteroatoms. The number of hydrogen-bond donors (Lipinski definition) is 2. The van der Waals surface area contributed by atoms with Crippen molar-refractivity contribution in [1.82, 2.24) is 0 Å². The predicted octanol–water partition coefficient (Wildman–Crippen LogP) is 0.957. The predicted molar refractivity (Wildman–Crippen MR) is 71.4 cm³/mol. The van der Waals surface area contributed by atoms with E-state index in [-0.39, 0.29) is 11.6 Å². The Balaban J connectivity index is 2.99. The van der Waals surface area contributed by atoms with Gasteiger partial charge < -0.3 is 10.9 Å². The third kappa shape index (κ3) is 3.13. The number of nitrogens with two attached hydrogens (primary N) is 1. The van der Waals surface area contributed by atoms with Crippen molar-refractivity contribution in [2.45, 2.75) is 13.3 Å². The van der Waals surface area contributed by atoms with Gasteiger partial charge in [0.25, 0.3) is 0 Å². The van der Waals surface area contributed by atoms with Crippen LogP contribution in [-0.2, 0) is 10.0 Å². The van der Waals surface area contributed by atoms with Crippen LogP contribution < -0.4 is 10.0 Å². The summed E-state index contributed by atoms with van der Waals surface area (Å²) in [7, 11) is -1.78. The van der Waals surface area contributed by atoms with Crippen LogP contribution in [0.15, 0.2) is 29.4 Å². The molecule has 0 aliphatic heterocycles. The first-order valence-electron chi connectivity index (χ1n) is 5.47. The van der Waals surface area contributed by atoms with Crippen LogP contribution in [0.25, 0.3) is 0 Å². The quantitative estimate of drug-likeness (QED) is 0.361. The average molecular weight is 271 g/mol. The number of nitrogens with zero attached hydrogens (tertiary/aromatic N) is 2. The molecule has 0 spiro atoms. The molecule has 0 saturated carbocycles. The molecule has 18 heavy (non-hydrogen) atoms. The zero-order chi connectivity index (χ0) is 13.8. The fourth-order valence-corrected chi connectivity index (χ4v) is 2.69. The van der Waals surface area contributed by atoms with Crippen LogP contribution in [0.2, 0.25) is 0 Å². The van der Waals surface area contributed by atoms with Crippen LogP contribution in [-0.4, -0.2) is 32.3 Å². The number of sulfonamides is 1. The van der Waals surface area contributed by atoms with Crippen molar-refractivity contribution in [1.29, 1.82) is 0 Å². The number of amidine groups is 1. The Kier molecular flexibility index (Phi) is 4.55. The zero-order valence-corrected chi connectivity index (χ0v) is 11.2. The number of rotatable bonds is 5. The minimum atomic E-state index is -3.28. The zero-order valence-electron chi connectivity index (χ0n) is 10.4. The van der Waals surface area contributed by atoms with E-state index in [1.807, 2.05) is 6.92 Å². The van der Waals surface area contributed by atoms with E-state index in [4.69, 9.17) is 10.9 Å². The second kappa shape index (κ2) is 5.72. The topological polar surface area (TPSA) is 96.0 Å². The van der Waals surface area contributed by atoms with Crippen LogP contribution in [0.5, 0.6) is 0 Å². The van der Waals surface area contributed by atoms with Gasteiger partial charge in [0.1, 0.15) is 0 Å². The second-order valence-electron chi connectivity index (χ2n) is 3.82. The smallest absolute Gasteiger partial charge is 0.234 e. The first-order valence-corrected chi connectivity index (χ1v) is 7.08. The van der Waals surface area contributed by atoms with Crippen molar-refractivity contribution in [3.05, 3.63) is 29.8 Å².